The van der Waals surface area contributed by atoms with E-state index in [1.54, 1.807) is 25.3 Å². The SMILES string of the molecule is C[C@@H](Oc1ccc(Cl)cc1Cl)C(=O)N[C@H](Cc1ccccc1)C(=O)N/N=C\c1cccc2ccccc12. The number of ether oxygens (including phenoxy) is 1. The Morgan fingerprint density at radius 3 is 2.43 bits per heavy atom. The highest BCUT2D eigenvalue weighted by Gasteiger charge is 2.25. The lowest BCUT2D eigenvalue weighted by atomic mass is 10.1. The van der Waals surface area contributed by atoms with Crippen molar-refractivity contribution in [2.75, 3.05) is 0 Å². The van der Waals surface area contributed by atoms with E-state index in [-0.39, 0.29) is 11.4 Å². The fraction of sp³-hybridized carbons (Fsp3) is 0.138. The van der Waals surface area contributed by atoms with Crippen LogP contribution in [0.2, 0.25) is 10.0 Å². The minimum atomic E-state index is -0.913. The number of benzene rings is 4. The second-order valence-electron chi connectivity index (χ2n) is 8.39. The Bertz CT molecular complexity index is 1420. The van der Waals surface area contributed by atoms with Crippen LogP contribution in [0.25, 0.3) is 10.8 Å². The number of hydrazone groups is 1. The quantitative estimate of drug-likeness (QED) is 0.211. The van der Waals surface area contributed by atoms with Gasteiger partial charge in [0.2, 0.25) is 0 Å². The summed E-state index contributed by atoms with van der Waals surface area (Å²) in [6, 6.07) is 27.0. The third-order valence-electron chi connectivity index (χ3n) is 5.68. The van der Waals surface area contributed by atoms with E-state index in [4.69, 9.17) is 27.9 Å². The van der Waals surface area contributed by atoms with Gasteiger partial charge < -0.3 is 10.1 Å². The summed E-state index contributed by atoms with van der Waals surface area (Å²) in [4.78, 5) is 26.0. The van der Waals surface area contributed by atoms with Gasteiger partial charge in [0.1, 0.15) is 11.8 Å². The number of nitrogens with one attached hydrogen (secondary N) is 2. The second-order valence-corrected chi connectivity index (χ2v) is 9.23. The van der Waals surface area contributed by atoms with Crippen LogP contribution >= 0.6 is 23.2 Å². The standard InChI is InChI=1S/C29H25Cl2N3O3/c1-19(37-27-15-14-23(30)17-25(27)31)28(35)33-26(16-20-8-3-2-4-9-20)29(36)34-32-18-22-12-7-11-21-10-5-6-13-24(21)22/h2-15,17-19,26H,16H2,1H3,(H,33,35)(H,34,36)/b32-18-/t19-,26-/m1/s1. The number of carbonyl (C=O) groups excluding carboxylic acids is 2. The summed E-state index contributed by atoms with van der Waals surface area (Å²) < 4.78 is 5.71. The zero-order valence-electron chi connectivity index (χ0n) is 20.0. The minimum absolute atomic E-state index is 0.274. The lowest BCUT2D eigenvalue weighted by Gasteiger charge is -2.21. The van der Waals surface area contributed by atoms with Gasteiger partial charge in [0.05, 0.1) is 11.2 Å². The van der Waals surface area contributed by atoms with Crippen LogP contribution in [0.5, 0.6) is 5.75 Å². The first-order chi connectivity index (χ1) is 17.9. The molecule has 4 aromatic carbocycles. The molecule has 188 valence electrons. The lowest BCUT2D eigenvalue weighted by molar-refractivity contribution is -0.132. The summed E-state index contributed by atoms with van der Waals surface area (Å²) in [7, 11) is 0. The van der Waals surface area contributed by atoms with Crippen molar-refractivity contribution in [1.82, 2.24) is 10.7 Å². The van der Waals surface area contributed by atoms with Crippen LogP contribution < -0.4 is 15.5 Å². The van der Waals surface area contributed by atoms with Crippen LogP contribution in [0.15, 0.2) is 96.1 Å². The van der Waals surface area contributed by atoms with Crippen molar-refractivity contribution in [3.63, 3.8) is 0 Å². The van der Waals surface area contributed by atoms with Crippen LogP contribution in [0.1, 0.15) is 18.1 Å². The Balaban J connectivity index is 1.46. The smallest absolute Gasteiger partial charge is 0.262 e. The van der Waals surface area contributed by atoms with E-state index in [2.05, 4.69) is 15.8 Å². The van der Waals surface area contributed by atoms with Gasteiger partial charge >= 0.3 is 0 Å². The second kappa shape index (κ2) is 12.4. The first-order valence-corrected chi connectivity index (χ1v) is 12.4. The molecule has 0 aromatic heterocycles. The van der Waals surface area contributed by atoms with Crippen molar-refractivity contribution in [3.05, 3.63) is 112 Å². The molecular weight excluding hydrogens is 509 g/mol. The fourth-order valence-electron chi connectivity index (χ4n) is 3.77. The number of hydrogen-bond acceptors (Lipinski definition) is 4. The topological polar surface area (TPSA) is 79.8 Å². The summed E-state index contributed by atoms with van der Waals surface area (Å²) in [5.41, 5.74) is 4.31. The van der Waals surface area contributed by atoms with Crippen molar-refractivity contribution in [3.8, 4) is 5.75 Å². The Hall–Kier alpha value is -3.87. The van der Waals surface area contributed by atoms with E-state index in [0.717, 1.165) is 21.9 Å². The van der Waals surface area contributed by atoms with Crippen molar-refractivity contribution in [1.29, 1.82) is 0 Å². The Labute approximate surface area is 225 Å². The average Bonchev–Trinajstić information content (AvgIpc) is 2.90. The summed E-state index contributed by atoms with van der Waals surface area (Å²) >= 11 is 12.1. The molecule has 6 nitrogen and oxygen atoms in total. The number of fused-ring (bicyclic) bond motifs is 1. The highest BCUT2D eigenvalue weighted by atomic mass is 35.5. The van der Waals surface area contributed by atoms with Crippen LogP contribution in [0.4, 0.5) is 0 Å². The molecule has 0 aliphatic heterocycles. The molecule has 0 unspecified atom stereocenters. The first kappa shape index (κ1) is 26.2. The van der Waals surface area contributed by atoms with Crippen molar-refractivity contribution >= 4 is 52.0 Å². The zero-order valence-corrected chi connectivity index (χ0v) is 21.5. The van der Waals surface area contributed by atoms with Gasteiger partial charge in [-0.2, -0.15) is 5.10 Å². The zero-order chi connectivity index (χ0) is 26.2. The largest absolute Gasteiger partial charge is 0.479 e. The highest BCUT2D eigenvalue weighted by Crippen LogP contribution is 2.28. The third-order valence-corrected chi connectivity index (χ3v) is 6.21. The van der Waals surface area contributed by atoms with Gasteiger partial charge in [0, 0.05) is 17.0 Å². The average molecular weight is 534 g/mol. The molecule has 0 spiro atoms. The highest BCUT2D eigenvalue weighted by molar-refractivity contribution is 6.35. The predicted octanol–water partition coefficient (Wildman–Crippen LogP) is 5.79. The van der Waals surface area contributed by atoms with Gasteiger partial charge in [-0.25, -0.2) is 5.43 Å². The molecule has 4 aromatic rings. The molecule has 0 aliphatic rings. The van der Waals surface area contributed by atoms with Crippen molar-refractivity contribution in [2.24, 2.45) is 5.10 Å². The summed E-state index contributed by atoms with van der Waals surface area (Å²) in [6.07, 6.45) is 0.955. The van der Waals surface area contributed by atoms with Crippen molar-refractivity contribution in [2.45, 2.75) is 25.5 Å². The number of halogens is 2. The van der Waals surface area contributed by atoms with Gasteiger partial charge in [-0.05, 0) is 41.5 Å². The van der Waals surface area contributed by atoms with Crippen LogP contribution in [-0.4, -0.2) is 30.2 Å². The maximum atomic E-state index is 13.1. The molecule has 37 heavy (non-hydrogen) atoms. The minimum Gasteiger partial charge on any atom is -0.479 e. The summed E-state index contributed by atoms with van der Waals surface area (Å²) in [5, 5.41) is 9.76. The third kappa shape index (κ3) is 7.09. The predicted molar refractivity (Wildman–Crippen MR) is 148 cm³/mol. The van der Waals surface area contributed by atoms with E-state index < -0.39 is 24.0 Å². The molecule has 0 radical (unpaired) electrons. The number of nitrogens with zero attached hydrogens (tertiary/aromatic N) is 1. The van der Waals surface area contributed by atoms with Crippen LogP contribution in [0.3, 0.4) is 0 Å². The first-order valence-electron chi connectivity index (χ1n) is 11.7. The molecule has 0 saturated heterocycles. The molecule has 2 atom stereocenters. The Morgan fingerprint density at radius 2 is 1.65 bits per heavy atom. The molecule has 2 amide bonds. The number of rotatable bonds is 9. The number of hydrogen-bond donors (Lipinski definition) is 2. The van der Waals surface area contributed by atoms with Gasteiger partial charge in [-0.15, -0.1) is 0 Å². The maximum Gasteiger partial charge on any atom is 0.262 e. The van der Waals surface area contributed by atoms with Gasteiger partial charge in [-0.1, -0.05) is 96.0 Å². The molecule has 0 heterocycles. The molecule has 4 rings (SSSR count). The fourth-order valence-corrected chi connectivity index (χ4v) is 4.22. The van der Waals surface area contributed by atoms with Crippen LogP contribution in [0, 0.1) is 0 Å². The Morgan fingerprint density at radius 1 is 0.919 bits per heavy atom. The molecule has 0 aliphatic carbocycles. The van der Waals surface area contributed by atoms with Gasteiger partial charge in [0.25, 0.3) is 11.8 Å². The van der Waals surface area contributed by atoms with E-state index >= 15 is 0 Å². The molecule has 0 fully saturated rings. The number of amides is 2. The molecule has 0 bridgehead atoms. The molecule has 8 heteroatoms. The van der Waals surface area contributed by atoms with Gasteiger partial charge in [-0.3, -0.25) is 9.59 Å². The molecular formula is C29H25Cl2N3O3. The normalized spacial score (nSPS) is 12.7. The maximum absolute atomic E-state index is 13.1. The monoisotopic (exact) mass is 533 g/mol. The van der Waals surface area contributed by atoms with Gasteiger partial charge in [0.15, 0.2) is 6.10 Å². The van der Waals surface area contributed by atoms with E-state index in [1.807, 2.05) is 72.8 Å². The van der Waals surface area contributed by atoms with Crippen LogP contribution in [-0.2, 0) is 16.0 Å². The Kier molecular flexibility index (Phi) is 8.77. The van der Waals surface area contributed by atoms with Crippen molar-refractivity contribution < 1.29 is 14.3 Å². The van der Waals surface area contributed by atoms with E-state index in [9.17, 15) is 9.59 Å². The molecule has 2 N–H and O–H groups in total. The molecule has 0 saturated carbocycles. The summed E-state index contributed by atoms with van der Waals surface area (Å²) in [5.74, 6) is -0.608. The summed E-state index contributed by atoms with van der Waals surface area (Å²) in [6.45, 7) is 1.58. The van der Waals surface area contributed by atoms with E-state index in [1.165, 1.54) is 6.07 Å². The number of carbonyl (C=O) groups is 2. The van der Waals surface area contributed by atoms with E-state index in [0.29, 0.717) is 10.8 Å². The lowest BCUT2D eigenvalue weighted by Crippen LogP contribution is -2.50.